The Morgan fingerprint density at radius 2 is 1.95 bits per heavy atom. The summed E-state index contributed by atoms with van der Waals surface area (Å²) in [6, 6.07) is -2.32. The lowest BCUT2D eigenvalue weighted by Gasteiger charge is -2.30. The number of alkyl halides is 2. The van der Waals surface area contributed by atoms with Crippen LogP contribution in [-0.4, -0.2) is 82.3 Å². The van der Waals surface area contributed by atoms with Gasteiger partial charge in [0.1, 0.15) is 23.2 Å². The van der Waals surface area contributed by atoms with E-state index in [1.54, 1.807) is 27.7 Å². The molecule has 0 bridgehead atoms. The van der Waals surface area contributed by atoms with E-state index in [0.717, 1.165) is 4.90 Å². The van der Waals surface area contributed by atoms with Crippen molar-refractivity contribution in [3.05, 3.63) is 12.2 Å². The van der Waals surface area contributed by atoms with Gasteiger partial charge in [-0.2, -0.15) is 0 Å². The number of rotatable bonds is 3. The van der Waals surface area contributed by atoms with Crippen LogP contribution in [0, 0.1) is 5.92 Å². The lowest BCUT2D eigenvalue weighted by atomic mass is 10.0. The SMILES string of the molecule is CCOC(=O)[C@@]12C[C@H]1CC(F)(F)CC/C=C\C[C@H](NC(=O)OC(C)(C)C)C(=O)N1C[C@H](O)C[C@H]1C(=O)N2. The zero-order valence-corrected chi connectivity index (χ0v) is 21.7. The standard InChI is InChI=1S/C25H37F2N3O7/c1-5-36-21(34)25-13-15(25)12-24(26,27)10-8-6-7-9-17(28-22(35)37-23(2,3)4)20(33)30-14-16(31)11-18(30)19(32)29-25/h6-7,15-18,31H,5,8-14H2,1-4H3,(H,28,35)(H,29,32)/b7-6-/t15-,16-,17+,18+,25-/m1/s1. The van der Waals surface area contributed by atoms with Crippen LogP contribution in [0.1, 0.15) is 66.2 Å². The van der Waals surface area contributed by atoms with E-state index in [-0.39, 0.29) is 38.8 Å². The maximum atomic E-state index is 14.7. The highest BCUT2D eigenvalue weighted by atomic mass is 19.3. The molecule has 3 N–H and O–H groups in total. The quantitative estimate of drug-likeness (QED) is 0.376. The number of hydrogen-bond acceptors (Lipinski definition) is 7. The smallest absolute Gasteiger partial charge is 0.408 e. The largest absolute Gasteiger partial charge is 0.464 e. The molecule has 3 rings (SSSR count). The van der Waals surface area contributed by atoms with Gasteiger partial charge in [-0.15, -0.1) is 0 Å². The van der Waals surface area contributed by atoms with Crippen molar-refractivity contribution in [1.82, 2.24) is 15.5 Å². The van der Waals surface area contributed by atoms with Gasteiger partial charge in [-0.3, -0.25) is 9.59 Å². The van der Waals surface area contributed by atoms with Crippen LogP contribution in [0.3, 0.4) is 0 Å². The first-order valence-electron chi connectivity index (χ1n) is 12.7. The number of halogens is 2. The van der Waals surface area contributed by atoms with Crippen molar-refractivity contribution < 1.29 is 42.5 Å². The van der Waals surface area contributed by atoms with Crippen molar-refractivity contribution in [2.75, 3.05) is 13.2 Å². The predicted octanol–water partition coefficient (Wildman–Crippen LogP) is 2.05. The average molecular weight is 530 g/mol. The Balaban J connectivity index is 1.91. The summed E-state index contributed by atoms with van der Waals surface area (Å²) in [7, 11) is 0. The Labute approximate surface area is 215 Å². The molecule has 1 saturated heterocycles. The minimum Gasteiger partial charge on any atom is -0.464 e. The number of esters is 1. The second kappa shape index (κ2) is 10.9. The molecule has 12 heteroatoms. The lowest BCUT2D eigenvalue weighted by molar-refractivity contribution is -0.150. The highest BCUT2D eigenvalue weighted by Crippen LogP contribution is 2.51. The Bertz CT molecular complexity index is 936. The van der Waals surface area contributed by atoms with Gasteiger partial charge in [0, 0.05) is 31.7 Å². The molecule has 1 saturated carbocycles. The molecule has 2 heterocycles. The Morgan fingerprint density at radius 1 is 1.24 bits per heavy atom. The maximum absolute atomic E-state index is 14.7. The monoisotopic (exact) mass is 529 g/mol. The van der Waals surface area contributed by atoms with Crippen LogP contribution in [-0.2, 0) is 23.9 Å². The fourth-order valence-electron chi connectivity index (χ4n) is 4.88. The summed E-state index contributed by atoms with van der Waals surface area (Å²) in [5, 5.41) is 15.4. The minimum absolute atomic E-state index is 0.00491. The van der Waals surface area contributed by atoms with Crippen LogP contribution in [0.25, 0.3) is 0 Å². The number of aliphatic hydroxyl groups is 1. The fraction of sp³-hybridized carbons (Fsp3) is 0.760. The minimum atomic E-state index is -3.09. The number of alkyl carbamates (subject to hydrolysis) is 1. The number of carbonyl (C=O) groups excluding carboxylic acids is 4. The van der Waals surface area contributed by atoms with Crippen molar-refractivity contribution >= 4 is 23.9 Å². The number of nitrogens with one attached hydrogen (secondary N) is 2. The average Bonchev–Trinajstić information content (AvgIpc) is 3.28. The molecule has 0 unspecified atom stereocenters. The highest BCUT2D eigenvalue weighted by molar-refractivity contribution is 5.96. The van der Waals surface area contributed by atoms with Crippen molar-refractivity contribution in [3.8, 4) is 0 Å². The molecule has 37 heavy (non-hydrogen) atoms. The summed E-state index contributed by atoms with van der Waals surface area (Å²) in [4.78, 5) is 53.1. The van der Waals surface area contributed by atoms with Crippen molar-refractivity contribution in [1.29, 1.82) is 0 Å². The zero-order valence-electron chi connectivity index (χ0n) is 21.7. The topological polar surface area (TPSA) is 134 Å². The summed E-state index contributed by atoms with van der Waals surface area (Å²) < 4.78 is 39.8. The predicted molar refractivity (Wildman–Crippen MR) is 127 cm³/mol. The van der Waals surface area contributed by atoms with E-state index in [0.29, 0.717) is 0 Å². The lowest BCUT2D eigenvalue weighted by Crippen LogP contribution is -2.56. The number of allylic oxidation sites excluding steroid dienone is 1. The molecule has 2 fully saturated rings. The summed E-state index contributed by atoms with van der Waals surface area (Å²) in [5.41, 5.74) is -2.44. The maximum Gasteiger partial charge on any atom is 0.408 e. The first-order chi connectivity index (χ1) is 17.2. The Hall–Kier alpha value is -2.76. The normalized spacial score (nSPS) is 33.1. The van der Waals surface area contributed by atoms with E-state index in [1.807, 2.05) is 0 Å². The number of carbonyl (C=O) groups is 4. The Kier molecular flexibility index (Phi) is 8.50. The van der Waals surface area contributed by atoms with Crippen LogP contribution >= 0.6 is 0 Å². The number of nitrogens with zero attached hydrogens (tertiary/aromatic N) is 1. The molecule has 2 aliphatic heterocycles. The van der Waals surface area contributed by atoms with E-state index < -0.39 is 77.9 Å². The molecule has 3 amide bonds. The van der Waals surface area contributed by atoms with E-state index in [9.17, 15) is 33.1 Å². The molecule has 10 nitrogen and oxygen atoms in total. The molecular formula is C25H37F2N3O7. The number of hydrogen-bond donors (Lipinski definition) is 3. The zero-order chi connectivity index (χ0) is 27.6. The fourth-order valence-corrected chi connectivity index (χ4v) is 4.88. The number of ether oxygens (including phenoxy) is 2. The van der Waals surface area contributed by atoms with Gasteiger partial charge >= 0.3 is 12.1 Å². The van der Waals surface area contributed by atoms with Crippen LogP contribution in [0.4, 0.5) is 13.6 Å². The van der Waals surface area contributed by atoms with E-state index >= 15 is 0 Å². The van der Waals surface area contributed by atoms with Gasteiger partial charge in [0.25, 0.3) is 0 Å². The summed E-state index contributed by atoms with van der Waals surface area (Å²) in [6.45, 7) is 6.40. The molecule has 0 aromatic carbocycles. The molecule has 0 radical (unpaired) electrons. The third kappa shape index (κ3) is 7.18. The number of fused-ring (bicyclic) bond motifs is 2. The van der Waals surface area contributed by atoms with Gasteiger partial charge in [0.05, 0.1) is 12.7 Å². The summed E-state index contributed by atoms with van der Waals surface area (Å²) in [6.07, 6.45) is -0.0451. The van der Waals surface area contributed by atoms with Crippen LogP contribution in [0.2, 0.25) is 0 Å². The molecular weight excluding hydrogens is 492 g/mol. The summed E-state index contributed by atoms with van der Waals surface area (Å²) >= 11 is 0. The van der Waals surface area contributed by atoms with E-state index in [1.165, 1.54) is 12.2 Å². The molecule has 0 aromatic rings. The number of aliphatic hydroxyl groups excluding tert-OH is 1. The third-order valence-electron chi connectivity index (χ3n) is 6.71. The molecule has 208 valence electrons. The van der Waals surface area contributed by atoms with E-state index in [2.05, 4.69) is 10.6 Å². The van der Waals surface area contributed by atoms with Crippen molar-refractivity contribution in [2.45, 2.75) is 101 Å². The van der Waals surface area contributed by atoms with Crippen molar-refractivity contribution in [2.24, 2.45) is 5.92 Å². The van der Waals surface area contributed by atoms with Gasteiger partial charge in [-0.1, -0.05) is 12.2 Å². The molecule has 1 aliphatic carbocycles. The number of amides is 3. The molecule has 5 atom stereocenters. The Morgan fingerprint density at radius 3 is 2.59 bits per heavy atom. The molecule has 0 aromatic heterocycles. The third-order valence-corrected chi connectivity index (χ3v) is 6.71. The van der Waals surface area contributed by atoms with Gasteiger partial charge < -0.3 is 30.1 Å². The van der Waals surface area contributed by atoms with Crippen LogP contribution < -0.4 is 10.6 Å². The van der Waals surface area contributed by atoms with Crippen LogP contribution in [0.5, 0.6) is 0 Å². The van der Waals surface area contributed by atoms with Gasteiger partial charge in [0.15, 0.2) is 0 Å². The second-order valence-electron chi connectivity index (χ2n) is 11.0. The second-order valence-corrected chi connectivity index (χ2v) is 11.0. The summed E-state index contributed by atoms with van der Waals surface area (Å²) in [5.74, 6) is -6.09. The first-order valence-corrected chi connectivity index (χ1v) is 12.7. The van der Waals surface area contributed by atoms with Gasteiger partial charge in [0.2, 0.25) is 17.7 Å². The molecule has 0 spiro atoms. The van der Waals surface area contributed by atoms with E-state index in [4.69, 9.17) is 9.47 Å². The molecule has 3 aliphatic rings. The highest BCUT2D eigenvalue weighted by Gasteiger charge is 2.65. The van der Waals surface area contributed by atoms with Crippen LogP contribution in [0.15, 0.2) is 12.2 Å². The van der Waals surface area contributed by atoms with Gasteiger partial charge in [-0.05, 0) is 47.0 Å². The first kappa shape index (κ1) is 28.8. The van der Waals surface area contributed by atoms with Gasteiger partial charge in [-0.25, -0.2) is 18.4 Å². The van der Waals surface area contributed by atoms with Crippen molar-refractivity contribution in [3.63, 3.8) is 0 Å².